The van der Waals surface area contributed by atoms with E-state index in [1.54, 1.807) is 0 Å². The smallest absolute Gasteiger partial charge is 0.238 e. The van der Waals surface area contributed by atoms with Gasteiger partial charge in [0.05, 0.1) is 6.54 Å². The average Bonchev–Trinajstić information content (AvgIpc) is 2.48. The van der Waals surface area contributed by atoms with Crippen LogP contribution >= 0.6 is 0 Å². The van der Waals surface area contributed by atoms with Crippen LogP contribution < -0.4 is 23.0 Å². The largest absolute Gasteiger partial charge is 1.00 e. The van der Waals surface area contributed by atoms with Crippen molar-refractivity contribution >= 4 is 11.6 Å². The number of benzene rings is 2. The fourth-order valence-corrected chi connectivity index (χ4v) is 1.95. The second-order valence-electron chi connectivity index (χ2n) is 4.93. The quantitative estimate of drug-likeness (QED) is 0.833. The van der Waals surface area contributed by atoms with Crippen molar-refractivity contribution in [3.05, 3.63) is 65.7 Å². The van der Waals surface area contributed by atoms with Crippen molar-refractivity contribution in [2.45, 2.75) is 19.9 Å². The third kappa shape index (κ3) is 5.58. The maximum Gasteiger partial charge on any atom is 0.238 e. The van der Waals surface area contributed by atoms with E-state index in [1.807, 2.05) is 49.4 Å². The van der Waals surface area contributed by atoms with E-state index < -0.39 is 0 Å². The van der Waals surface area contributed by atoms with Crippen molar-refractivity contribution in [2.24, 2.45) is 0 Å². The normalized spacial score (nSPS) is 11.3. The number of carbonyl (C=O) groups excluding carboxylic acids is 1. The van der Waals surface area contributed by atoms with Gasteiger partial charge in [0.15, 0.2) is 0 Å². The van der Waals surface area contributed by atoms with Crippen LogP contribution in [-0.4, -0.2) is 12.5 Å². The molecule has 1 amide bonds. The zero-order valence-corrected chi connectivity index (χ0v) is 13.0. The molecule has 0 aliphatic heterocycles. The molecule has 0 saturated heterocycles. The molecule has 0 fully saturated rings. The van der Waals surface area contributed by atoms with Crippen molar-refractivity contribution in [1.29, 1.82) is 0 Å². The van der Waals surface area contributed by atoms with E-state index in [0.717, 1.165) is 5.69 Å². The van der Waals surface area contributed by atoms with E-state index in [2.05, 4.69) is 29.7 Å². The predicted molar refractivity (Wildman–Crippen MR) is 82.7 cm³/mol. The van der Waals surface area contributed by atoms with Crippen molar-refractivity contribution in [2.75, 3.05) is 11.9 Å². The molecule has 112 valence electrons. The van der Waals surface area contributed by atoms with Gasteiger partial charge in [0.1, 0.15) is 0 Å². The lowest BCUT2D eigenvalue weighted by Crippen LogP contribution is -3.00. The fourth-order valence-electron chi connectivity index (χ4n) is 1.95. The van der Waals surface area contributed by atoms with Gasteiger partial charge in [0.25, 0.3) is 0 Å². The van der Waals surface area contributed by atoms with Gasteiger partial charge >= 0.3 is 0 Å². The van der Waals surface area contributed by atoms with Gasteiger partial charge in [0, 0.05) is 11.7 Å². The minimum absolute atomic E-state index is 0. The molecule has 21 heavy (non-hydrogen) atoms. The molecule has 3 nitrogen and oxygen atoms in total. The van der Waals surface area contributed by atoms with Gasteiger partial charge in [0.2, 0.25) is 5.91 Å². The Morgan fingerprint density at radius 1 is 1.05 bits per heavy atom. The number of aryl methyl sites for hydroxylation is 1. The summed E-state index contributed by atoms with van der Waals surface area (Å²) >= 11 is 0. The third-order valence-electron chi connectivity index (χ3n) is 3.20. The van der Waals surface area contributed by atoms with Crippen LogP contribution in [0, 0.1) is 6.92 Å². The minimum atomic E-state index is -0.0309. The van der Waals surface area contributed by atoms with Gasteiger partial charge in [-0.3, -0.25) is 4.79 Å². The number of rotatable bonds is 5. The van der Waals surface area contributed by atoms with Crippen LogP contribution in [0.4, 0.5) is 5.69 Å². The van der Waals surface area contributed by atoms with Gasteiger partial charge in [-0.1, -0.05) is 48.0 Å². The Morgan fingerprint density at radius 2 is 1.67 bits per heavy atom. The molecule has 0 aromatic heterocycles. The van der Waals surface area contributed by atoms with Crippen LogP contribution in [0.1, 0.15) is 24.1 Å². The van der Waals surface area contributed by atoms with Crippen molar-refractivity contribution in [3.63, 3.8) is 0 Å². The number of amides is 1. The molecule has 0 heterocycles. The van der Waals surface area contributed by atoms with Crippen LogP contribution in [0.3, 0.4) is 0 Å². The summed E-state index contributed by atoms with van der Waals surface area (Å²) in [6, 6.07) is 18.0. The van der Waals surface area contributed by atoms with Gasteiger partial charge in [-0.2, -0.15) is 0 Å². The van der Waals surface area contributed by atoms with Crippen LogP contribution in [0.15, 0.2) is 54.6 Å². The Kier molecular flexibility index (Phi) is 6.92. The summed E-state index contributed by atoms with van der Waals surface area (Å²) in [5.74, 6) is -0.0309. The molecule has 0 aliphatic carbocycles. The summed E-state index contributed by atoms with van der Waals surface area (Å²) in [4.78, 5) is 11.9. The van der Waals surface area contributed by atoms with E-state index >= 15 is 0 Å². The number of nitrogens with one attached hydrogen (secondary N) is 2. The van der Waals surface area contributed by atoms with Crippen LogP contribution in [0.25, 0.3) is 0 Å². The highest BCUT2D eigenvalue weighted by atomic mass is 35.5. The van der Waals surface area contributed by atoms with Crippen molar-refractivity contribution in [1.82, 2.24) is 5.32 Å². The molecular formula is C17H20ClN2O-. The topological polar surface area (TPSA) is 41.1 Å². The van der Waals surface area contributed by atoms with E-state index in [0.29, 0.717) is 6.54 Å². The summed E-state index contributed by atoms with van der Waals surface area (Å²) in [5, 5.41) is 6.09. The Bertz CT molecular complexity index is 555. The highest BCUT2D eigenvalue weighted by molar-refractivity contribution is 5.92. The number of hydrogen-bond acceptors (Lipinski definition) is 2. The summed E-state index contributed by atoms with van der Waals surface area (Å²) in [5.41, 5.74) is 3.18. The Hall–Kier alpha value is -1.84. The lowest BCUT2D eigenvalue weighted by Gasteiger charge is -2.14. The first-order valence-corrected chi connectivity index (χ1v) is 6.80. The molecule has 0 radical (unpaired) electrons. The summed E-state index contributed by atoms with van der Waals surface area (Å²) in [6.45, 7) is 4.37. The van der Waals surface area contributed by atoms with Gasteiger partial charge < -0.3 is 23.0 Å². The van der Waals surface area contributed by atoms with Gasteiger partial charge in [-0.25, -0.2) is 0 Å². The zero-order valence-electron chi connectivity index (χ0n) is 12.3. The average molecular weight is 304 g/mol. The second-order valence-corrected chi connectivity index (χ2v) is 4.93. The van der Waals surface area contributed by atoms with E-state index in [1.165, 1.54) is 11.1 Å². The van der Waals surface area contributed by atoms with E-state index in [4.69, 9.17) is 0 Å². The first kappa shape index (κ1) is 17.2. The summed E-state index contributed by atoms with van der Waals surface area (Å²) in [6.07, 6.45) is 0. The molecule has 2 N–H and O–H groups in total. The molecule has 0 bridgehead atoms. The number of hydrogen-bond donors (Lipinski definition) is 2. The van der Waals surface area contributed by atoms with Gasteiger partial charge in [-0.05, 0) is 31.5 Å². The number of carbonyl (C=O) groups is 1. The summed E-state index contributed by atoms with van der Waals surface area (Å²) < 4.78 is 0. The van der Waals surface area contributed by atoms with Crippen molar-refractivity contribution < 1.29 is 17.2 Å². The Labute approximate surface area is 132 Å². The SMILES string of the molecule is Cc1ccc(NC(=O)CNC(C)c2ccccc2)cc1.[Cl-]. The lowest BCUT2D eigenvalue weighted by atomic mass is 10.1. The molecule has 0 spiro atoms. The molecule has 0 aliphatic rings. The predicted octanol–water partition coefficient (Wildman–Crippen LogP) is 0.288. The molecular weight excluding hydrogens is 284 g/mol. The first-order valence-electron chi connectivity index (χ1n) is 6.80. The Balaban J connectivity index is 0.00000220. The molecule has 2 aromatic rings. The molecule has 1 unspecified atom stereocenters. The van der Waals surface area contributed by atoms with Gasteiger partial charge in [-0.15, -0.1) is 0 Å². The second kappa shape index (κ2) is 8.45. The molecule has 2 aromatic carbocycles. The third-order valence-corrected chi connectivity index (χ3v) is 3.20. The van der Waals surface area contributed by atoms with Crippen LogP contribution in [-0.2, 0) is 4.79 Å². The van der Waals surface area contributed by atoms with Crippen LogP contribution in [0.5, 0.6) is 0 Å². The molecule has 1 atom stereocenters. The minimum Gasteiger partial charge on any atom is -1.00 e. The monoisotopic (exact) mass is 303 g/mol. The molecule has 2 rings (SSSR count). The molecule has 4 heteroatoms. The maximum atomic E-state index is 11.9. The van der Waals surface area contributed by atoms with Crippen LogP contribution in [0.2, 0.25) is 0 Å². The standard InChI is InChI=1S/C17H20N2O.ClH/c1-13-8-10-16(11-9-13)19-17(20)12-18-14(2)15-6-4-3-5-7-15;/h3-11,14,18H,12H2,1-2H3,(H,19,20);1H/p-1. The molecule has 0 saturated carbocycles. The summed E-state index contributed by atoms with van der Waals surface area (Å²) in [7, 11) is 0. The van der Waals surface area contributed by atoms with Crippen molar-refractivity contribution in [3.8, 4) is 0 Å². The lowest BCUT2D eigenvalue weighted by molar-refractivity contribution is -0.115. The fraction of sp³-hybridized carbons (Fsp3) is 0.235. The zero-order chi connectivity index (χ0) is 14.4. The van der Waals surface area contributed by atoms with E-state index in [9.17, 15) is 4.79 Å². The number of halogens is 1. The Morgan fingerprint density at radius 3 is 2.29 bits per heavy atom. The highest BCUT2D eigenvalue weighted by Crippen LogP contribution is 2.11. The maximum absolute atomic E-state index is 11.9. The number of anilines is 1. The highest BCUT2D eigenvalue weighted by Gasteiger charge is 2.07. The first-order chi connectivity index (χ1) is 9.65. The van der Waals surface area contributed by atoms with E-state index in [-0.39, 0.29) is 24.4 Å².